The van der Waals surface area contributed by atoms with Gasteiger partial charge in [0.1, 0.15) is 0 Å². The van der Waals surface area contributed by atoms with Crippen LogP contribution in [0.4, 0.5) is 5.13 Å². The van der Waals surface area contributed by atoms with Crippen LogP contribution in [0.5, 0.6) is 0 Å². The van der Waals surface area contributed by atoms with Crippen LogP contribution in [-0.2, 0) is 13.0 Å². The molecule has 0 radical (unpaired) electrons. The van der Waals surface area contributed by atoms with Crippen molar-refractivity contribution in [3.8, 4) is 0 Å². The van der Waals surface area contributed by atoms with E-state index in [1.807, 2.05) is 6.20 Å². The van der Waals surface area contributed by atoms with Crippen molar-refractivity contribution in [2.45, 2.75) is 32.9 Å². The van der Waals surface area contributed by atoms with Crippen molar-refractivity contribution in [3.63, 3.8) is 0 Å². The number of hydrogen-bond acceptors (Lipinski definition) is 4. The number of anilines is 1. The summed E-state index contributed by atoms with van der Waals surface area (Å²) in [6.45, 7) is 5.34. The summed E-state index contributed by atoms with van der Waals surface area (Å²) in [6, 6.07) is 9.08. The highest BCUT2D eigenvalue weighted by Gasteiger charge is 2.12. The molecule has 0 bridgehead atoms. The molecular weight excluding hydrogens is 254 g/mol. The second kappa shape index (κ2) is 6.17. The van der Waals surface area contributed by atoms with E-state index in [1.165, 1.54) is 16.0 Å². The maximum Gasteiger partial charge on any atom is 0.180 e. The van der Waals surface area contributed by atoms with Gasteiger partial charge in [0.25, 0.3) is 0 Å². The van der Waals surface area contributed by atoms with E-state index in [2.05, 4.69) is 55.0 Å². The van der Waals surface area contributed by atoms with E-state index in [0.29, 0.717) is 11.2 Å². The fourth-order valence-corrected chi connectivity index (χ4v) is 2.86. The van der Waals surface area contributed by atoms with E-state index < -0.39 is 0 Å². The van der Waals surface area contributed by atoms with Gasteiger partial charge in [0.05, 0.1) is 0 Å². The molecule has 0 aliphatic carbocycles. The number of likely N-dealkylation sites (N-methyl/N-ethyl adjacent to an activating group) is 1. The Labute approximate surface area is 119 Å². The minimum absolute atomic E-state index is 0.490. The maximum absolute atomic E-state index is 5.66. The van der Waals surface area contributed by atoms with Gasteiger partial charge < -0.3 is 5.73 Å². The van der Waals surface area contributed by atoms with Crippen molar-refractivity contribution in [1.82, 2.24) is 9.88 Å². The molecule has 1 aromatic carbocycles. The Morgan fingerprint density at radius 2 is 2.11 bits per heavy atom. The average Bonchev–Trinajstić information content (AvgIpc) is 2.77. The third kappa shape index (κ3) is 3.78. The van der Waals surface area contributed by atoms with Crippen molar-refractivity contribution in [1.29, 1.82) is 0 Å². The lowest BCUT2D eigenvalue weighted by Gasteiger charge is -2.24. The summed E-state index contributed by atoms with van der Waals surface area (Å²) in [5, 5.41) is 0.648. The molecule has 2 N–H and O–H groups in total. The van der Waals surface area contributed by atoms with Gasteiger partial charge in [0.15, 0.2) is 5.13 Å². The summed E-state index contributed by atoms with van der Waals surface area (Å²) in [7, 11) is 2.15. The molecule has 19 heavy (non-hydrogen) atoms. The molecule has 1 aromatic heterocycles. The lowest BCUT2D eigenvalue weighted by Crippen LogP contribution is -2.30. The normalized spacial score (nSPS) is 12.8. The van der Waals surface area contributed by atoms with Gasteiger partial charge in [-0.2, -0.15) is 0 Å². The molecule has 3 nitrogen and oxygen atoms in total. The van der Waals surface area contributed by atoms with E-state index in [9.17, 15) is 0 Å². The van der Waals surface area contributed by atoms with E-state index in [-0.39, 0.29) is 0 Å². The molecule has 0 amide bonds. The van der Waals surface area contributed by atoms with Crippen molar-refractivity contribution >= 4 is 16.5 Å². The average molecular weight is 275 g/mol. The van der Waals surface area contributed by atoms with Crippen LogP contribution in [0.25, 0.3) is 0 Å². The van der Waals surface area contributed by atoms with Crippen LogP contribution in [0.2, 0.25) is 0 Å². The Hall–Kier alpha value is -1.39. The maximum atomic E-state index is 5.66. The van der Waals surface area contributed by atoms with Gasteiger partial charge in [-0.25, -0.2) is 4.98 Å². The smallest absolute Gasteiger partial charge is 0.180 e. The second-order valence-corrected chi connectivity index (χ2v) is 6.21. The highest BCUT2D eigenvalue weighted by Crippen LogP contribution is 2.18. The van der Waals surface area contributed by atoms with Crippen LogP contribution in [0.15, 0.2) is 30.5 Å². The van der Waals surface area contributed by atoms with Gasteiger partial charge >= 0.3 is 0 Å². The first-order chi connectivity index (χ1) is 9.06. The van der Waals surface area contributed by atoms with Crippen LogP contribution in [0.3, 0.4) is 0 Å². The van der Waals surface area contributed by atoms with Crippen molar-refractivity contribution in [3.05, 3.63) is 46.5 Å². The highest BCUT2D eigenvalue weighted by atomic mass is 32.1. The van der Waals surface area contributed by atoms with Crippen LogP contribution in [0.1, 0.15) is 22.9 Å². The number of nitrogens with zero attached hydrogens (tertiary/aromatic N) is 2. The quantitative estimate of drug-likeness (QED) is 0.911. The minimum Gasteiger partial charge on any atom is -0.375 e. The number of nitrogens with two attached hydrogens (primary N) is 1. The first-order valence-electron chi connectivity index (χ1n) is 6.51. The number of rotatable bonds is 5. The summed E-state index contributed by atoms with van der Waals surface area (Å²) < 4.78 is 0. The number of hydrogen-bond donors (Lipinski definition) is 1. The first-order valence-corrected chi connectivity index (χ1v) is 7.33. The molecule has 1 unspecified atom stereocenters. The van der Waals surface area contributed by atoms with Crippen LogP contribution in [-0.4, -0.2) is 23.0 Å². The van der Waals surface area contributed by atoms with Crippen molar-refractivity contribution in [2.75, 3.05) is 12.8 Å². The number of aromatic nitrogens is 1. The predicted molar refractivity (Wildman–Crippen MR) is 82.3 cm³/mol. The van der Waals surface area contributed by atoms with Crippen LogP contribution >= 0.6 is 11.3 Å². The van der Waals surface area contributed by atoms with Gasteiger partial charge in [0, 0.05) is 23.7 Å². The van der Waals surface area contributed by atoms with Crippen molar-refractivity contribution < 1.29 is 0 Å². The van der Waals surface area contributed by atoms with Crippen molar-refractivity contribution in [2.24, 2.45) is 0 Å². The predicted octanol–water partition coefficient (Wildman–Crippen LogP) is 3.10. The molecule has 0 fully saturated rings. The molecule has 0 aliphatic heterocycles. The topological polar surface area (TPSA) is 42.2 Å². The minimum atomic E-state index is 0.490. The highest BCUT2D eigenvalue weighted by molar-refractivity contribution is 7.15. The van der Waals surface area contributed by atoms with E-state index in [1.54, 1.807) is 11.3 Å². The molecule has 102 valence electrons. The summed E-state index contributed by atoms with van der Waals surface area (Å²) in [5.74, 6) is 0. The summed E-state index contributed by atoms with van der Waals surface area (Å²) >= 11 is 1.57. The Morgan fingerprint density at radius 3 is 2.74 bits per heavy atom. The number of aryl methyl sites for hydroxylation is 1. The molecule has 0 saturated heterocycles. The third-order valence-corrected chi connectivity index (χ3v) is 4.32. The van der Waals surface area contributed by atoms with E-state index in [4.69, 9.17) is 5.73 Å². The van der Waals surface area contributed by atoms with Gasteiger partial charge in [-0.1, -0.05) is 24.3 Å². The monoisotopic (exact) mass is 275 g/mol. The van der Waals surface area contributed by atoms with Gasteiger partial charge in [-0.3, -0.25) is 4.90 Å². The summed E-state index contributed by atoms with van der Waals surface area (Å²) in [6.07, 6.45) is 2.94. The van der Waals surface area contributed by atoms with Crippen LogP contribution < -0.4 is 5.73 Å². The Kier molecular flexibility index (Phi) is 4.56. The molecule has 1 heterocycles. The summed E-state index contributed by atoms with van der Waals surface area (Å²) in [5.41, 5.74) is 8.45. The molecule has 2 aromatic rings. The van der Waals surface area contributed by atoms with E-state index in [0.717, 1.165) is 13.0 Å². The van der Waals surface area contributed by atoms with Gasteiger partial charge in [-0.15, -0.1) is 11.3 Å². The number of thiazole rings is 1. The molecule has 0 saturated carbocycles. The first kappa shape index (κ1) is 14.0. The number of benzene rings is 1. The molecule has 2 rings (SSSR count). The van der Waals surface area contributed by atoms with Gasteiger partial charge in [0.2, 0.25) is 0 Å². The third-order valence-electron chi connectivity index (χ3n) is 3.51. The largest absolute Gasteiger partial charge is 0.375 e. The Morgan fingerprint density at radius 1 is 1.37 bits per heavy atom. The fourth-order valence-electron chi connectivity index (χ4n) is 2.11. The SMILES string of the molecule is Cc1ccccc1CC(C)N(C)Cc1cnc(N)s1. The zero-order chi connectivity index (χ0) is 13.8. The molecule has 0 aliphatic rings. The zero-order valence-corrected chi connectivity index (χ0v) is 12.6. The second-order valence-electron chi connectivity index (χ2n) is 5.06. The fraction of sp³-hybridized carbons (Fsp3) is 0.400. The molecule has 0 spiro atoms. The Bertz CT molecular complexity index is 536. The number of nitrogen functional groups attached to an aromatic ring is 1. The molecule has 4 heteroatoms. The Balaban J connectivity index is 1.96. The standard InChI is InChI=1S/C15H21N3S/c1-11-6-4-5-7-13(11)8-12(2)18(3)10-14-9-17-15(16)19-14/h4-7,9,12H,8,10H2,1-3H3,(H2,16,17). The lowest BCUT2D eigenvalue weighted by molar-refractivity contribution is 0.250. The van der Waals surface area contributed by atoms with E-state index >= 15 is 0 Å². The van der Waals surface area contributed by atoms with Crippen LogP contribution in [0, 0.1) is 6.92 Å². The zero-order valence-electron chi connectivity index (χ0n) is 11.8. The lowest BCUT2D eigenvalue weighted by atomic mass is 10.0. The molecular formula is C15H21N3S. The van der Waals surface area contributed by atoms with Gasteiger partial charge in [-0.05, 0) is 38.4 Å². The molecule has 1 atom stereocenters. The summed E-state index contributed by atoms with van der Waals surface area (Å²) in [4.78, 5) is 7.66.